The molecule has 2 bridgehead atoms. The number of hydrogen-bond donors (Lipinski definition) is 0. The lowest BCUT2D eigenvalue weighted by Crippen LogP contribution is -2.38. The predicted octanol–water partition coefficient (Wildman–Crippen LogP) is 1.05. The van der Waals surface area contributed by atoms with Crippen LogP contribution in [0.1, 0.15) is 13.8 Å². The van der Waals surface area contributed by atoms with Crippen molar-refractivity contribution in [2.45, 2.75) is 30.4 Å². The Bertz CT molecular complexity index is 347. The molecule has 0 aromatic heterocycles. The molecule has 0 aromatic carbocycles. The first kappa shape index (κ1) is 9.46. The van der Waals surface area contributed by atoms with Crippen molar-refractivity contribution in [1.82, 2.24) is 4.90 Å². The maximum absolute atomic E-state index is 12.1. The first-order valence-electron chi connectivity index (χ1n) is 5.32. The van der Waals surface area contributed by atoms with E-state index in [1.54, 1.807) is 11.8 Å². The molecule has 0 aliphatic carbocycles. The summed E-state index contributed by atoms with van der Waals surface area (Å²) in [4.78, 5) is 25.6. The van der Waals surface area contributed by atoms with Crippen molar-refractivity contribution in [3.63, 3.8) is 0 Å². The number of thioether (sulfide) groups is 1. The van der Waals surface area contributed by atoms with Gasteiger partial charge in [0.25, 0.3) is 0 Å². The fourth-order valence-electron chi connectivity index (χ4n) is 2.84. The second-order valence-electron chi connectivity index (χ2n) is 4.64. The van der Waals surface area contributed by atoms with Gasteiger partial charge in [-0.2, -0.15) is 0 Å². The number of carbonyl (C=O) groups is 2. The molecule has 3 rings (SSSR count). The quantitative estimate of drug-likeness (QED) is 0.492. The number of nitrogens with zero attached hydrogens (tertiary/aromatic N) is 1. The number of imide groups is 1. The smallest absolute Gasteiger partial charge is 0.234 e. The van der Waals surface area contributed by atoms with Gasteiger partial charge < -0.3 is 0 Å². The highest BCUT2D eigenvalue weighted by Crippen LogP contribution is 2.53. The van der Waals surface area contributed by atoms with Crippen LogP contribution in [0.25, 0.3) is 0 Å². The number of hydrogen-bond acceptors (Lipinski definition) is 3. The fraction of sp³-hybridized carbons (Fsp3) is 0.636. The van der Waals surface area contributed by atoms with Gasteiger partial charge in [0, 0.05) is 16.5 Å². The summed E-state index contributed by atoms with van der Waals surface area (Å²) in [6.07, 6.45) is 4.18. The molecule has 80 valence electrons. The average molecular weight is 223 g/mol. The van der Waals surface area contributed by atoms with Crippen molar-refractivity contribution in [2.75, 3.05) is 0 Å². The summed E-state index contributed by atoms with van der Waals surface area (Å²) in [5.41, 5.74) is 0. The van der Waals surface area contributed by atoms with Crippen LogP contribution in [0.2, 0.25) is 0 Å². The van der Waals surface area contributed by atoms with E-state index in [2.05, 4.69) is 12.2 Å². The first-order chi connectivity index (χ1) is 7.11. The summed E-state index contributed by atoms with van der Waals surface area (Å²) in [6, 6.07) is 0. The number of fused-ring (bicyclic) bond motifs is 5. The van der Waals surface area contributed by atoms with Gasteiger partial charge in [-0.15, -0.1) is 11.8 Å². The highest BCUT2D eigenvalue weighted by Gasteiger charge is 2.60. The lowest BCUT2D eigenvalue weighted by atomic mass is 9.85. The van der Waals surface area contributed by atoms with E-state index in [4.69, 9.17) is 0 Å². The second-order valence-corrected chi connectivity index (χ2v) is 6.00. The van der Waals surface area contributed by atoms with E-state index < -0.39 is 0 Å². The Morgan fingerprint density at radius 1 is 1.13 bits per heavy atom. The van der Waals surface area contributed by atoms with E-state index >= 15 is 0 Å². The first-order valence-corrected chi connectivity index (χ1v) is 6.26. The van der Waals surface area contributed by atoms with Crippen LogP contribution in [0.3, 0.4) is 0 Å². The van der Waals surface area contributed by atoms with Crippen LogP contribution in [0.4, 0.5) is 0 Å². The zero-order valence-corrected chi connectivity index (χ0v) is 9.53. The van der Waals surface area contributed by atoms with E-state index in [0.717, 1.165) is 0 Å². The normalized spacial score (nSPS) is 42.2. The molecular formula is C11H13NO2S. The van der Waals surface area contributed by atoms with E-state index in [9.17, 15) is 9.59 Å². The van der Waals surface area contributed by atoms with Crippen molar-refractivity contribution in [1.29, 1.82) is 0 Å². The van der Waals surface area contributed by atoms with Crippen molar-refractivity contribution in [3.8, 4) is 0 Å². The third-order valence-electron chi connectivity index (χ3n) is 3.46. The number of carbonyl (C=O) groups excluding carboxylic acids is 2. The van der Waals surface area contributed by atoms with E-state index in [1.165, 1.54) is 4.90 Å². The molecule has 0 spiro atoms. The predicted molar refractivity (Wildman–Crippen MR) is 58.3 cm³/mol. The lowest BCUT2D eigenvalue weighted by molar-refractivity contribution is -0.141. The lowest BCUT2D eigenvalue weighted by Gasteiger charge is -2.20. The molecule has 3 aliphatic rings. The number of likely N-dealkylation sites (tertiary alicyclic amines) is 1. The van der Waals surface area contributed by atoms with Crippen molar-refractivity contribution >= 4 is 23.6 Å². The largest absolute Gasteiger partial charge is 0.279 e. The van der Waals surface area contributed by atoms with Gasteiger partial charge in [-0.3, -0.25) is 14.5 Å². The molecule has 4 unspecified atom stereocenters. The van der Waals surface area contributed by atoms with Gasteiger partial charge >= 0.3 is 0 Å². The highest BCUT2D eigenvalue weighted by atomic mass is 32.2. The number of rotatable bonds is 1. The Kier molecular flexibility index (Phi) is 1.81. The minimum atomic E-state index is -0.0695. The molecule has 2 fully saturated rings. The van der Waals surface area contributed by atoms with Gasteiger partial charge in [-0.25, -0.2) is 0 Å². The van der Waals surface area contributed by atoms with Crippen LogP contribution < -0.4 is 0 Å². The Morgan fingerprint density at radius 3 is 2.00 bits per heavy atom. The maximum Gasteiger partial charge on any atom is 0.234 e. The molecule has 3 heterocycles. The summed E-state index contributed by atoms with van der Waals surface area (Å²) < 4.78 is 0. The SMILES string of the molecule is CC(C)N1C(=O)C2C3C=CC(S3)C2C1=O. The Balaban J connectivity index is 2.00. The van der Waals surface area contributed by atoms with E-state index in [0.29, 0.717) is 0 Å². The number of amides is 2. The molecule has 0 aromatic rings. The molecule has 2 saturated heterocycles. The molecule has 0 N–H and O–H groups in total. The van der Waals surface area contributed by atoms with Crippen LogP contribution in [0, 0.1) is 11.8 Å². The van der Waals surface area contributed by atoms with Crippen LogP contribution >= 0.6 is 11.8 Å². The van der Waals surface area contributed by atoms with E-state index in [1.807, 2.05) is 13.8 Å². The van der Waals surface area contributed by atoms with Gasteiger partial charge in [-0.1, -0.05) is 12.2 Å². The Hall–Kier alpha value is -0.770. The van der Waals surface area contributed by atoms with Gasteiger partial charge in [0.15, 0.2) is 0 Å². The van der Waals surface area contributed by atoms with Crippen molar-refractivity contribution in [3.05, 3.63) is 12.2 Å². The average Bonchev–Trinajstić information content (AvgIpc) is 2.79. The molecule has 2 amide bonds. The maximum atomic E-state index is 12.1. The molecule has 4 atom stereocenters. The molecular weight excluding hydrogens is 210 g/mol. The van der Waals surface area contributed by atoms with E-state index in [-0.39, 0.29) is 40.2 Å². The Labute approximate surface area is 92.9 Å². The third-order valence-corrected chi connectivity index (χ3v) is 4.99. The fourth-order valence-corrected chi connectivity index (χ4v) is 4.47. The highest BCUT2D eigenvalue weighted by molar-refractivity contribution is 8.01. The topological polar surface area (TPSA) is 37.4 Å². The molecule has 3 nitrogen and oxygen atoms in total. The molecule has 4 heteroatoms. The van der Waals surface area contributed by atoms with Gasteiger partial charge in [0.1, 0.15) is 0 Å². The van der Waals surface area contributed by atoms with Gasteiger partial charge in [-0.05, 0) is 13.8 Å². The third kappa shape index (κ3) is 1.03. The molecule has 15 heavy (non-hydrogen) atoms. The second kappa shape index (κ2) is 2.88. The van der Waals surface area contributed by atoms with Crippen LogP contribution in [-0.2, 0) is 9.59 Å². The minimum Gasteiger partial charge on any atom is -0.279 e. The summed E-state index contributed by atoms with van der Waals surface area (Å²) in [5.74, 6) is -0.0477. The summed E-state index contributed by atoms with van der Waals surface area (Å²) in [5, 5.41) is 0.500. The van der Waals surface area contributed by atoms with Gasteiger partial charge in [0.05, 0.1) is 11.8 Å². The monoisotopic (exact) mass is 223 g/mol. The van der Waals surface area contributed by atoms with Gasteiger partial charge in [0.2, 0.25) is 11.8 Å². The molecule has 3 aliphatic heterocycles. The summed E-state index contributed by atoms with van der Waals surface area (Å²) in [7, 11) is 0. The van der Waals surface area contributed by atoms with Crippen LogP contribution in [0.5, 0.6) is 0 Å². The zero-order chi connectivity index (χ0) is 10.7. The molecule has 0 saturated carbocycles. The summed E-state index contributed by atoms with van der Waals surface area (Å²) >= 11 is 1.77. The summed E-state index contributed by atoms with van der Waals surface area (Å²) in [6.45, 7) is 3.80. The zero-order valence-electron chi connectivity index (χ0n) is 8.71. The van der Waals surface area contributed by atoms with Crippen LogP contribution in [0.15, 0.2) is 12.2 Å². The van der Waals surface area contributed by atoms with Crippen molar-refractivity contribution < 1.29 is 9.59 Å². The standard InChI is InChI=1S/C11H13NO2S/c1-5(2)12-10(13)8-6-3-4-7(15-6)9(8)11(12)14/h3-9H,1-2H3. The van der Waals surface area contributed by atoms with Crippen LogP contribution in [-0.4, -0.2) is 33.3 Å². The minimum absolute atomic E-state index is 0. The van der Waals surface area contributed by atoms with Crippen molar-refractivity contribution in [2.24, 2.45) is 11.8 Å². The Morgan fingerprint density at radius 2 is 1.60 bits per heavy atom. The molecule has 0 radical (unpaired) electrons.